The van der Waals surface area contributed by atoms with Crippen LogP contribution in [0.15, 0.2) is 70.1 Å². The van der Waals surface area contributed by atoms with Crippen LogP contribution in [0.25, 0.3) is 11.3 Å². The van der Waals surface area contributed by atoms with Gasteiger partial charge in [-0.25, -0.2) is 17.8 Å². The fourth-order valence-corrected chi connectivity index (χ4v) is 4.72. The lowest BCUT2D eigenvalue weighted by Gasteiger charge is -2.33. The van der Waals surface area contributed by atoms with E-state index < -0.39 is 15.8 Å². The molecule has 0 bridgehead atoms. The lowest BCUT2D eigenvalue weighted by Crippen LogP contribution is -2.48. The van der Waals surface area contributed by atoms with Gasteiger partial charge in [-0.05, 0) is 12.1 Å². The van der Waals surface area contributed by atoms with Crippen LogP contribution in [0.1, 0.15) is 5.89 Å². The van der Waals surface area contributed by atoms with Crippen molar-refractivity contribution in [2.24, 2.45) is 0 Å². The van der Waals surface area contributed by atoms with Crippen LogP contribution in [0.4, 0.5) is 4.39 Å². The summed E-state index contributed by atoms with van der Waals surface area (Å²) < 4.78 is 46.4. The predicted octanol–water partition coefficient (Wildman–Crippen LogP) is 2.99. The van der Waals surface area contributed by atoms with Crippen molar-refractivity contribution in [1.29, 1.82) is 0 Å². The molecule has 0 spiro atoms. The highest BCUT2D eigenvalue weighted by atomic mass is 32.2. The summed E-state index contributed by atoms with van der Waals surface area (Å²) >= 11 is 0. The van der Waals surface area contributed by atoms with Gasteiger partial charge in [0.25, 0.3) is 0 Å². The summed E-state index contributed by atoms with van der Waals surface area (Å²) in [4.78, 5) is 6.13. The van der Waals surface area contributed by atoms with Gasteiger partial charge in [-0.1, -0.05) is 42.5 Å². The Hall–Kier alpha value is -2.55. The molecule has 1 aliphatic heterocycles. The van der Waals surface area contributed by atoms with Crippen molar-refractivity contribution in [1.82, 2.24) is 14.2 Å². The summed E-state index contributed by atoms with van der Waals surface area (Å²) in [5, 5.41) is 0. The topological polar surface area (TPSA) is 66.7 Å². The van der Waals surface area contributed by atoms with Crippen LogP contribution in [0, 0.1) is 5.82 Å². The number of hydrogen-bond donors (Lipinski definition) is 0. The van der Waals surface area contributed by atoms with E-state index in [2.05, 4.69) is 9.88 Å². The monoisotopic (exact) mass is 401 g/mol. The maximum atomic E-state index is 13.9. The third kappa shape index (κ3) is 3.84. The molecule has 1 fully saturated rings. The number of piperazine rings is 1. The van der Waals surface area contributed by atoms with Crippen molar-refractivity contribution in [3.8, 4) is 11.3 Å². The van der Waals surface area contributed by atoms with Gasteiger partial charge in [-0.3, -0.25) is 4.90 Å². The number of aromatic nitrogens is 1. The zero-order chi connectivity index (χ0) is 19.6. The number of nitrogens with zero attached hydrogens (tertiary/aromatic N) is 3. The van der Waals surface area contributed by atoms with E-state index in [0.29, 0.717) is 44.4 Å². The number of hydrogen-bond acceptors (Lipinski definition) is 5. The van der Waals surface area contributed by atoms with Crippen LogP contribution >= 0.6 is 0 Å². The lowest BCUT2D eigenvalue weighted by atomic mass is 10.2. The molecule has 1 aromatic heterocycles. The molecular formula is C20H20FN3O3S. The second-order valence-corrected chi connectivity index (χ2v) is 8.50. The van der Waals surface area contributed by atoms with Crippen molar-refractivity contribution in [2.75, 3.05) is 26.2 Å². The second-order valence-electron chi connectivity index (χ2n) is 6.59. The fourth-order valence-electron chi connectivity index (χ4n) is 3.23. The third-order valence-corrected chi connectivity index (χ3v) is 6.69. The number of sulfonamides is 1. The lowest BCUT2D eigenvalue weighted by molar-refractivity contribution is 0.168. The van der Waals surface area contributed by atoms with Crippen LogP contribution in [0.5, 0.6) is 0 Å². The minimum atomic E-state index is -3.83. The molecule has 0 atom stereocenters. The summed E-state index contributed by atoms with van der Waals surface area (Å²) in [6, 6.07) is 15.2. The van der Waals surface area contributed by atoms with E-state index in [-0.39, 0.29) is 4.90 Å². The summed E-state index contributed by atoms with van der Waals surface area (Å²) in [6.07, 6.45) is 1.70. The first-order chi connectivity index (χ1) is 13.5. The van der Waals surface area contributed by atoms with Crippen molar-refractivity contribution in [3.05, 3.63) is 72.5 Å². The summed E-state index contributed by atoms with van der Waals surface area (Å²) in [7, 11) is -3.83. The van der Waals surface area contributed by atoms with E-state index in [9.17, 15) is 12.8 Å². The average Bonchev–Trinajstić information content (AvgIpc) is 3.18. The number of halogens is 1. The molecule has 1 saturated heterocycles. The second kappa shape index (κ2) is 7.83. The van der Waals surface area contributed by atoms with E-state index >= 15 is 0 Å². The molecule has 0 N–H and O–H groups in total. The van der Waals surface area contributed by atoms with E-state index in [1.54, 1.807) is 6.20 Å². The van der Waals surface area contributed by atoms with Gasteiger partial charge in [-0.2, -0.15) is 4.31 Å². The van der Waals surface area contributed by atoms with Gasteiger partial charge in [0.05, 0.1) is 12.7 Å². The molecule has 8 heteroatoms. The molecular weight excluding hydrogens is 381 g/mol. The van der Waals surface area contributed by atoms with E-state index in [1.807, 2.05) is 30.3 Å². The standard InChI is InChI=1S/C20H20FN3O3S/c21-17-8-4-5-9-19(17)28(25,26)24-12-10-23(11-13-24)15-20-22-14-18(27-20)16-6-2-1-3-7-16/h1-9,14H,10-13,15H2. The first-order valence-electron chi connectivity index (χ1n) is 9.01. The van der Waals surface area contributed by atoms with Crippen LogP contribution in [0.3, 0.4) is 0 Å². The van der Waals surface area contributed by atoms with E-state index in [0.717, 1.165) is 11.6 Å². The molecule has 146 valence electrons. The Bertz CT molecular complexity index is 1050. The van der Waals surface area contributed by atoms with Crippen molar-refractivity contribution in [3.63, 3.8) is 0 Å². The highest BCUT2D eigenvalue weighted by Crippen LogP contribution is 2.23. The Morgan fingerprint density at radius 2 is 1.64 bits per heavy atom. The highest BCUT2D eigenvalue weighted by molar-refractivity contribution is 7.89. The first-order valence-corrected chi connectivity index (χ1v) is 10.5. The number of oxazole rings is 1. The van der Waals surface area contributed by atoms with Gasteiger partial charge in [0.15, 0.2) is 5.76 Å². The molecule has 4 rings (SSSR count). The molecule has 2 heterocycles. The Balaban J connectivity index is 1.39. The van der Waals surface area contributed by atoms with Crippen LogP contribution in [-0.2, 0) is 16.6 Å². The van der Waals surface area contributed by atoms with Crippen molar-refractivity contribution in [2.45, 2.75) is 11.4 Å². The van der Waals surface area contributed by atoms with Gasteiger partial charge in [-0.15, -0.1) is 0 Å². The number of benzene rings is 2. The van der Waals surface area contributed by atoms with Crippen LogP contribution in [-0.4, -0.2) is 48.8 Å². The van der Waals surface area contributed by atoms with Gasteiger partial charge < -0.3 is 4.42 Å². The first kappa shape index (κ1) is 18.8. The summed E-state index contributed by atoms with van der Waals surface area (Å²) in [5.41, 5.74) is 0.960. The quantitative estimate of drug-likeness (QED) is 0.658. The molecule has 0 saturated carbocycles. The number of rotatable bonds is 5. The van der Waals surface area contributed by atoms with Gasteiger partial charge in [0.2, 0.25) is 15.9 Å². The van der Waals surface area contributed by atoms with Crippen molar-refractivity contribution >= 4 is 10.0 Å². The highest BCUT2D eigenvalue weighted by Gasteiger charge is 2.30. The normalized spacial score (nSPS) is 16.3. The molecule has 6 nitrogen and oxygen atoms in total. The largest absolute Gasteiger partial charge is 0.439 e. The minimum Gasteiger partial charge on any atom is -0.439 e. The molecule has 3 aromatic rings. The summed E-state index contributed by atoms with van der Waals surface area (Å²) in [6.45, 7) is 2.14. The molecule has 0 radical (unpaired) electrons. The van der Waals surface area contributed by atoms with E-state index in [1.165, 1.54) is 22.5 Å². The Kier molecular flexibility index (Phi) is 5.25. The molecule has 2 aromatic carbocycles. The Morgan fingerprint density at radius 1 is 0.964 bits per heavy atom. The Labute approximate surface area is 163 Å². The minimum absolute atomic E-state index is 0.274. The SMILES string of the molecule is O=S(=O)(c1ccccc1F)N1CCN(Cc2ncc(-c3ccccc3)o2)CC1. The maximum absolute atomic E-state index is 13.9. The van der Waals surface area contributed by atoms with Crippen molar-refractivity contribution < 1.29 is 17.2 Å². The maximum Gasteiger partial charge on any atom is 0.246 e. The molecule has 0 unspecified atom stereocenters. The zero-order valence-corrected chi connectivity index (χ0v) is 16.0. The average molecular weight is 401 g/mol. The van der Waals surface area contributed by atoms with Crippen LogP contribution < -0.4 is 0 Å². The smallest absolute Gasteiger partial charge is 0.246 e. The molecule has 0 aliphatic carbocycles. The van der Waals surface area contributed by atoms with E-state index in [4.69, 9.17) is 4.42 Å². The van der Waals surface area contributed by atoms with Crippen LogP contribution in [0.2, 0.25) is 0 Å². The Morgan fingerprint density at radius 3 is 2.36 bits per heavy atom. The molecule has 28 heavy (non-hydrogen) atoms. The van der Waals surface area contributed by atoms with Gasteiger partial charge in [0, 0.05) is 31.7 Å². The summed E-state index contributed by atoms with van der Waals surface area (Å²) in [5.74, 6) is 0.568. The predicted molar refractivity (Wildman–Crippen MR) is 102 cm³/mol. The van der Waals surface area contributed by atoms with Gasteiger partial charge >= 0.3 is 0 Å². The fraction of sp³-hybridized carbons (Fsp3) is 0.250. The molecule has 0 amide bonds. The third-order valence-electron chi connectivity index (χ3n) is 4.76. The molecule has 1 aliphatic rings. The zero-order valence-electron chi connectivity index (χ0n) is 15.2. The van der Waals surface area contributed by atoms with Gasteiger partial charge in [0.1, 0.15) is 10.7 Å².